The number of hydrogen-bond acceptors (Lipinski definition) is 13. The number of primary amides is 1. The Kier molecular flexibility index (Phi) is 24.2. The fourth-order valence-electron chi connectivity index (χ4n) is 8.79. The summed E-state index contributed by atoms with van der Waals surface area (Å²) < 4.78 is 0. The van der Waals surface area contributed by atoms with E-state index in [1.165, 1.54) is 23.8 Å². The predicted octanol–water partition coefficient (Wildman–Crippen LogP) is 0.552. The quantitative estimate of drug-likeness (QED) is 0.0155. The molecule has 0 aliphatic heterocycles. The molecule has 3 aromatic carbocycles. The van der Waals surface area contributed by atoms with Gasteiger partial charge in [-0.25, -0.2) is 4.98 Å². The van der Waals surface area contributed by atoms with E-state index in [0.29, 0.717) is 49.0 Å². The van der Waals surface area contributed by atoms with Crippen molar-refractivity contribution in [1.82, 2.24) is 47.2 Å². The third-order valence-corrected chi connectivity index (χ3v) is 13.5. The molecular weight excluding hydrogens is 1040 g/mol. The number of nitrogens with zero attached hydrogens (tertiary/aromatic N) is 2. The van der Waals surface area contributed by atoms with Gasteiger partial charge in [-0.1, -0.05) is 80.4 Å². The average Bonchev–Trinajstić information content (AvgIpc) is 4.15. The number of benzene rings is 3. The summed E-state index contributed by atoms with van der Waals surface area (Å²) in [5, 5.41) is 32.5. The van der Waals surface area contributed by atoms with E-state index < -0.39 is 102 Å². The molecule has 0 saturated carbocycles. The van der Waals surface area contributed by atoms with Crippen molar-refractivity contribution >= 4 is 92.2 Å². The van der Waals surface area contributed by atoms with Crippen molar-refractivity contribution in [2.75, 3.05) is 13.1 Å². The summed E-state index contributed by atoms with van der Waals surface area (Å²) in [7, 11) is 0. The summed E-state index contributed by atoms with van der Waals surface area (Å²) in [4.78, 5) is 134. The number of unbranched alkanes of at least 4 members (excludes halogenated alkanes) is 2. The van der Waals surface area contributed by atoms with Gasteiger partial charge in [-0.15, -0.1) is 11.3 Å². The molecule has 79 heavy (non-hydrogen) atoms. The number of carboxylic acids is 1. The van der Waals surface area contributed by atoms with Crippen LogP contribution in [0, 0.1) is 0 Å². The van der Waals surface area contributed by atoms with Crippen LogP contribution in [0.5, 0.6) is 0 Å². The lowest BCUT2D eigenvalue weighted by Crippen LogP contribution is -2.61. The lowest BCUT2D eigenvalue weighted by molar-refractivity contribution is -0.141. The minimum atomic E-state index is -1.72. The number of fused-ring (bicyclic) bond motifs is 2. The first-order valence-corrected chi connectivity index (χ1v) is 27.1. The van der Waals surface area contributed by atoms with E-state index >= 15 is 0 Å². The van der Waals surface area contributed by atoms with Crippen LogP contribution in [-0.4, -0.2) is 130 Å². The highest BCUT2D eigenvalue weighted by Crippen LogP contribution is 2.21. The van der Waals surface area contributed by atoms with E-state index in [4.69, 9.17) is 22.9 Å². The van der Waals surface area contributed by atoms with E-state index in [0.717, 1.165) is 21.7 Å². The number of aliphatic imine (C=N–C) groups is 1. The van der Waals surface area contributed by atoms with Gasteiger partial charge in [0.1, 0.15) is 42.3 Å². The second kappa shape index (κ2) is 31.1. The monoisotopic (exact) mass is 1110 g/mol. The lowest BCUT2D eigenvalue weighted by atomic mass is 9.99. The van der Waals surface area contributed by atoms with Crippen LogP contribution in [-0.2, 0) is 62.4 Å². The molecule has 0 spiro atoms. The summed E-state index contributed by atoms with van der Waals surface area (Å²) in [5.41, 5.74) is 26.5. The first-order chi connectivity index (χ1) is 37.8. The number of aromatic nitrogens is 2. The average molecular weight is 1110 g/mol. The highest BCUT2D eigenvalue weighted by Gasteiger charge is 2.35. The van der Waals surface area contributed by atoms with Crippen molar-refractivity contribution in [3.63, 3.8) is 0 Å². The summed E-state index contributed by atoms with van der Waals surface area (Å²) in [6.45, 7) is 3.48. The molecule has 17 N–H and O–H groups in total. The summed E-state index contributed by atoms with van der Waals surface area (Å²) >= 11 is 1.20. The molecule has 0 fully saturated rings. The molecule has 5 aromatic rings. The highest BCUT2D eigenvalue weighted by atomic mass is 32.1. The van der Waals surface area contributed by atoms with Crippen LogP contribution in [0.1, 0.15) is 88.5 Å². The number of amides is 8. The number of rotatable bonds is 33. The Morgan fingerprint density at radius 1 is 0.633 bits per heavy atom. The van der Waals surface area contributed by atoms with Gasteiger partial charge in [-0.2, -0.15) is 0 Å². The smallest absolute Gasteiger partial charge is 0.305 e. The molecule has 24 nitrogen and oxygen atoms in total. The summed E-state index contributed by atoms with van der Waals surface area (Å²) in [5.74, 6) is -8.17. The molecular formula is C54H72N14O10S. The third-order valence-electron chi connectivity index (χ3n) is 12.9. The predicted molar refractivity (Wildman–Crippen MR) is 298 cm³/mol. The highest BCUT2D eigenvalue weighted by molar-refractivity contribution is 7.07. The number of aromatic amines is 1. The number of H-pyrrole nitrogens is 1. The maximum Gasteiger partial charge on any atom is 0.305 e. The number of nitrogens with two attached hydrogens (primary N) is 4. The zero-order valence-corrected chi connectivity index (χ0v) is 45.1. The molecule has 0 saturated heterocycles. The van der Waals surface area contributed by atoms with Crippen molar-refractivity contribution in [3.05, 3.63) is 101 Å². The van der Waals surface area contributed by atoms with Gasteiger partial charge in [0.2, 0.25) is 47.3 Å². The molecule has 2 aromatic heterocycles. The van der Waals surface area contributed by atoms with Crippen molar-refractivity contribution < 1.29 is 48.3 Å². The van der Waals surface area contributed by atoms with Gasteiger partial charge < -0.3 is 70.2 Å². The minimum absolute atomic E-state index is 0.0372. The standard InChI is InChI=1S/C54H72N14O10S/c1-3-4-15-40(62-31(2)69)48(73)68-45(27-46(70)71)53(78)67-44(26-36-29-79-30-61-36)52(77)65-42(24-32-19-20-33-12-5-6-13-34(33)23-32)50(75)64-41(18-11-22-59-54(57)58)49(74)66-43(25-35-28-60-38-16-8-7-14-37(35)38)51(76)63-39(47(56)72)17-9-10-21-55/h5-8,12-14,16,19-20,23,28-30,39-45,60H,3-4,9-11,15,17-18,21-22,24-27,55H2,1-2H3,(H2,56,72)(H,62,69)(H,63,76)(H,64,75)(H,65,77)(H,66,74)(H,67,78)(H,68,73)(H,70,71)(H4,57,58,59)/t39-,40-,41-,42+,43-,44-,45-/m0/s1. The van der Waals surface area contributed by atoms with Crippen LogP contribution in [0.2, 0.25) is 0 Å². The molecule has 25 heteroatoms. The summed E-state index contributed by atoms with van der Waals surface area (Å²) in [6.07, 6.45) is 3.01. The molecule has 0 aliphatic carbocycles. The number of aliphatic carboxylic acids is 1. The fourth-order valence-corrected chi connectivity index (χ4v) is 9.36. The van der Waals surface area contributed by atoms with E-state index in [2.05, 4.69) is 52.2 Å². The van der Waals surface area contributed by atoms with E-state index in [1.807, 2.05) is 67.6 Å². The van der Waals surface area contributed by atoms with Crippen molar-refractivity contribution in [2.45, 2.75) is 133 Å². The van der Waals surface area contributed by atoms with Gasteiger partial charge in [-0.3, -0.25) is 48.1 Å². The Morgan fingerprint density at radius 3 is 1.81 bits per heavy atom. The van der Waals surface area contributed by atoms with Gasteiger partial charge >= 0.3 is 5.97 Å². The van der Waals surface area contributed by atoms with E-state index in [-0.39, 0.29) is 57.5 Å². The van der Waals surface area contributed by atoms with Crippen LogP contribution in [0.25, 0.3) is 21.7 Å². The first kappa shape index (κ1) is 61.4. The Balaban J connectivity index is 1.49. The molecule has 0 unspecified atom stereocenters. The molecule has 0 bridgehead atoms. The van der Waals surface area contributed by atoms with Crippen LogP contribution < -0.4 is 60.2 Å². The van der Waals surface area contributed by atoms with Crippen LogP contribution in [0.3, 0.4) is 0 Å². The molecule has 0 aliphatic rings. The number of nitrogens with one attached hydrogen (secondary N) is 8. The maximum atomic E-state index is 14.9. The number of para-hydroxylation sites is 1. The van der Waals surface area contributed by atoms with E-state index in [1.54, 1.807) is 17.6 Å². The Labute approximate surface area is 460 Å². The Morgan fingerprint density at radius 2 is 1.19 bits per heavy atom. The summed E-state index contributed by atoms with van der Waals surface area (Å²) in [6, 6.07) is 10.6. The van der Waals surface area contributed by atoms with Crippen LogP contribution in [0.4, 0.5) is 0 Å². The first-order valence-electron chi connectivity index (χ1n) is 26.1. The number of carbonyl (C=O) groups is 9. The van der Waals surface area contributed by atoms with Crippen molar-refractivity contribution in [1.29, 1.82) is 0 Å². The second-order valence-corrected chi connectivity index (χ2v) is 19.8. The lowest BCUT2D eigenvalue weighted by Gasteiger charge is -2.28. The molecule has 8 amide bonds. The topological polar surface area (TPSA) is 403 Å². The molecule has 2 heterocycles. The van der Waals surface area contributed by atoms with Gasteiger partial charge in [0.05, 0.1) is 17.6 Å². The van der Waals surface area contributed by atoms with Crippen LogP contribution in [0.15, 0.2) is 88.8 Å². The number of guanidine groups is 1. The van der Waals surface area contributed by atoms with Gasteiger partial charge in [0.15, 0.2) is 5.96 Å². The normalized spacial score (nSPS) is 13.8. The van der Waals surface area contributed by atoms with E-state index in [9.17, 15) is 48.3 Å². The number of hydrogen-bond donors (Lipinski definition) is 13. The number of carbonyl (C=O) groups excluding carboxylic acids is 8. The molecule has 424 valence electrons. The number of carboxylic acid groups (broad SMARTS) is 1. The molecule has 5 rings (SSSR count). The zero-order valence-electron chi connectivity index (χ0n) is 44.3. The van der Waals surface area contributed by atoms with Crippen molar-refractivity contribution in [2.24, 2.45) is 27.9 Å². The van der Waals surface area contributed by atoms with Gasteiger partial charge in [0.25, 0.3) is 0 Å². The van der Waals surface area contributed by atoms with Gasteiger partial charge in [0, 0.05) is 55.2 Å². The Hall–Kier alpha value is -8.45. The zero-order chi connectivity index (χ0) is 57.4. The van der Waals surface area contributed by atoms with Crippen LogP contribution >= 0.6 is 11.3 Å². The van der Waals surface area contributed by atoms with Crippen molar-refractivity contribution in [3.8, 4) is 0 Å². The number of thiazole rings is 1. The maximum absolute atomic E-state index is 14.9. The third kappa shape index (κ3) is 19.8. The largest absolute Gasteiger partial charge is 0.481 e. The molecule has 7 atom stereocenters. The fraction of sp³-hybridized carbons (Fsp3) is 0.426. The molecule has 0 radical (unpaired) electrons. The SMILES string of the molecule is CCCC[C@H](NC(C)=O)C(=O)N[C@@H](CC(=O)O)C(=O)N[C@@H](Cc1cscn1)C(=O)N[C@H](Cc1ccc2ccccc2c1)C(=O)N[C@@H](CCCN=C(N)N)C(=O)N[C@@H](Cc1c[nH]c2ccccc12)C(=O)N[C@@H](CCCCN)C(N)=O. The minimum Gasteiger partial charge on any atom is -0.481 e. The van der Waals surface area contributed by atoms with Gasteiger partial charge in [-0.05, 0) is 73.0 Å². The second-order valence-electron chi connectivity index (χ2n) is 19.1. The Bertz CT molecular complexity index is 2930.